The first-order valence-electron chi connectivity index (χ1n) is 16.0. The number of carbonyl (C=O) groups excluding carboxylic acids is 6. The highest BCUT2D eigenvalue weighted by Crippen LogP contribution is 2.35. The molecule has 11 heteroatoms. The molecule has 2 fully saturated rings. The van der Waals surface area contributed by atoms with Crippen molar-refractivity contribution in [1.29, 1.82) is 0 Å². The Labute approximate surface area is 263 Å². The van der Waals surface area contributed by atoms with Crippen LogP contribution < -0.4 is 21.3 Å². The fourth-order valence-electron chi connectivity index (χ4n) is 5.76. The lowest BCUT2D eigenvalue weighted by Crippen LogP contribution is -2.62. The van der Waals surface area contributed by atoms with Crippen molar-refractivity contribution in [2.75, 3.05) is 13.1 Å². The number of likely N-dealkylation sites (tertiary alicyclic amines) is 1. The number of nitrogens with one attached hydrogen (secondary N) is 4. The number of ketones is 2. The van der Waals surface area contributed by atoms with E-state index >= 15 is 0 Å². The molecule has 1 unspecified atom stereocenters. The van der Waals surface area contributed by atoms with E-state index in [0.29, 0.717) is 19.4 Å². The minimum Gasteiger partial charge on any atom is -0.346 e. The molecule has 1 saturated carbocycles. The number of hydrogen-bond donors (Lipinski definition) is 4. The number of rotatable bonds is 14. The Morgan fingerprint density at radius 3 is 1.93 bits per heavy atom. The predicted molar refractivity (Wildman–Crippen MR) is 169 cm³/mol. The molecule has 44 heavy (non-hydrogen) atoms. The normalized spacial score (nSPS) is 20.7. The maximum Gasteiger partial charge on any atom is 0.316 e. The summed E-state index contributed by atoms with van der Waals surface area (Å²) in [5, 5.41) is 10.9. The summed E-state index contributed by atoms with van der Waals surface area (Å²) < 4.78 is 0. The van der Waals surface area contributed by atoms with Gasteiger partial charge in [-0.2, -0.15) is 0 Å². The number of amides is 5. The highest BCUT2D eigenvalue weighted by Gasteiger charge is 2.48. The summed E-state index contributed by atoms with van der Waals surface area (Å²) in [6.45, 7) is 20.9. The van der Waals surface area contributed by atoms with Crippen molar-refractivity contribution in [3.05, 3.63) is 12.7 Å². The topological polar surface area (TPSA) is 154 Å². The molecule has 5 atom stereocenters. The van der Waals surface area contributed by atoms with E-state index in [1.54, 1.807) is 0 Å². The monoisotopic (exact) mass is 617 g/mol. The summed E-state index contributed by atoms with van der Waals surface area (Å²) >= 11 is 0. The molecular formula is C33H55N5O6. The van der Waals surface area contributed by atoms with Crippen LogP contribution in [-0.4, -0.2) is 77.5 Å². The van der Waals surface area contributed by atoms with Gasteiger partial charge in [-0.25, -0.2) is 4.79 Å². The Morgan fingerprint density at radius 2 is 1.45 bits per heavy atom. The van der Waals surface area contributed by atoms with Gasteiger partial charge in [0, 0.05) is 19.0 Å². The molecule has 0 aromatic heterocycles. The molecule has 1 heterocycles. The quantitative estimate of drug-likeness (QED) is 0.174. The summed E-state index contributed by atoms with van der Waals surface area (Å²) in [6.07, 6.45) is 4.48. The average molecular weight is 618 g/mol. The van der Waals surface area contributed by atoms with Crippen molar-refractivity contribution in [1.82, 2.24) is 26.2 Å². The fraction of sp³-hybridized carbons (Fsp3) is 0.758. The van der Waals surface area contributed by atoms with Crippen molar-refractivity contribution >= 4 is 35.3 Å². The van der Waals surface area contributed by atoms with Gasteiger partial charge in [-0.3, -0.25) is 24.0 Å². The maximum absolute atomic E-state index is 14.2. The SMILES string of the molecule is C=CCNC(=O)C(=O)C(CCC)NC(=O)[C@@H]1[C@@H](C(C)C)CCN1C(=O)[C@@H](NC(=O)N[C@H](C(=O)C1CC1)C(C)(C)C)C(C)(C)C. The second kappa shape index (κ2) is 15.2. The Balaban J connectivity index is 2.32. The van der Waals surface area contributed by atoms with Crippen molar-refractivity contribution in [2.24, 2.45) is 28.6 Å². The van der Waals surface area contributed by atoms with Crippen molar-refractivity contribution in [3.63, 3.8) is 0 Å². The maximum atomic E-state index is 14.2. The molecule has 1 aliphatic heterocycles. The number of carbonyl (C=O) groups is 6. The third-order valence-corrected chi connectivity index (χ3v) is 8.49. The van der Waals surface area contributed by atoms with Crippen LogP contribution in [0.2, 0.25) is 0 Å². The van der Waals surface area contributed by atoms with E-state index < -0.39 is 64.5 Å². The highest BCUT2D eigenvalue weighted by atomic mass is 16.2. The number of urea groups is 1. The van der Waals surface area contributed by atoms with Gasteiger partial charge in [0.15, 0.2) is 5.78 Å². The lowest BCUT2D eigenvalue weighted by Gasteiger charge is -2.38. The van der Waals surface area contributed by atoms with Crippen molar-refractivity contribution in [2.45, 2.75) is 119 Å². The summed E-state index contributed by atoms with van der Waals surface area (Å²) in [6, 6.07) is -4.26. The molecule has 4 N–H and O–H groups in total. The first-order chi connectivity index (χ1) is 20.3. The first-order valence-corrected chi connectivity index (χ1v) is 16.0. The van der Waals surface area contributed by atoms with E-state index in [0.717, 1.165) is 12.8 Å². The Kier molecular flexibility index (Phi) is 12.7. The molecule has 0 radical (unpaired) electrons. The van der Waals surface area contributed by atoms with Crippen LogP contribution >= 0.6 is 0 Å². The Morgan fingerprint density at radius 1 is 0.886 bits per heavy atom. The standard InChI is InChI=1S/C33H55N5O6/c1-11-13-22(25(40)29(42)34-17-12-2)35-28(41)23-21(19(3)4)16-18-38(23)30(43)27(33(8,9)10)37-31(44)36-26(32(5,6)7)24(39)20-14-15-20/h12,19-23,26-27H,2,11,13-18H2,1,3-10H3,(H,34,42)(H,35,41)(H2,36,37,44)/t21-,22?,23+,26-,27-/m1/s1. The minimum absolute atomic E-state index is 0.00306. The van der Waals surface area contributed by atoms with Crippen LogP contribution in [0.25, 0.3) is 0 Å². The van der Waals surface area contributed by atoms with E-state index in [2.05, 4.69) is 27.8 Å². The zero-order chi connectivity index (χ0) is 33.6. The van der Waals surface area contributed by atoms with Crippen LogP contribution in [0.15, 0.2) is 12.7 Å². The molecule has 0 bridgehead atoms. The van der Waals surface area contributed by atoms with Crippen LogP contribution in [-0.2, 0) is 24.0 Å². The molecule has 248 valence electrons. The summed E-state index contributed by atoms with van der Waals surface area (Å²) in [7, 11) is 0. The minimum atomic E-state index is -1.04. The second-order valence-corrected chi connectivity index (χ2v) is 14.8. The largest absolute Gasteiger partial charge is 0.346 e. The molecule has 0 spiro atoms. The highest BCUT2D eigenvalue weighted by molar-refractivity contribution is 6.38. The van der Waals surface area contributed by atoms with Gasteiger partial charge in [0.2, 0.25) is 17.6 Å². The second-order valence-electron chi connectivity index (χ2n) is 14.8. The predicted octanol–water partition coefficient (Wildman–Crippen LogP) is 3.12. The van der Waals surface area contributed by atoms with Crippen LogP contribution in [0, 0.1) is 28.6 Å². The van der Waals surface area contributed by atoms with E-state index in [1.165, 1.54) is 11.0 Å². The molecule has 1 saturated heterocycles. The molecule has 1 aliphatic carbocycles. The van der Waals surface area contributed by atoms with Crippen molar-refractivity contribution < 1.29 is 28.8 Å². The number of nitrogens with zero attached hydrogens (tertiary/aromatic N) is 1. The molecular weight excluding hydrogens is 562 g/mol. The van der Waals surface area contributed by atoms with Gasteiger partial charge in [-0.1, -0.05) is 74.8 Å². The van der Waals surface area contributed by atoms with Crippen molar-refractivity contribution in [3.8, 4) is 0 Å². The van der Waals surface area contributed by atoms with Gasteiger partial charge in [0.25, 0.3) is 5.91 Å². The van der Waals surface area contributed by atoms with Gasteiger partial charge in [0.1, 0.15) is 12.1 Å². The average Bonchev–Trinajstić information content (AvgIpc) is 3.67. The van der Waals surface area contributed by atoms with E-state index in [4.69, 9.17) is 0 Å². The Bertz CT molecular complexity index is 1100. The van der Waals surface area contributed by atoms with Gasteiger partial charge >= 0.3 is 6.03 Å². The number of Topliss-reactive ketones (excluding diaryl/α,β-unsaturated/α-hetero) is 2. The summed E-state index contributed by atoms with van der Waals surface area (Å²) in [4.78, 5) is 81.2. The van der Waals surface area contributed by atoms with Gasteiger partial charge in [-0.15, -0.1) is 6.58 Å². The van der Waals surface area contributed by atoms with E-state index in [9.17, 15) is 28.8 Å². The molecule has 5 amide bonds. The first kappa shape index (κ1) is 36.9. The number of hydrogen-bond acceptors (Lipinski definition) is 6. The van der Waals surface area contributed by atoms with Gasteiger partial charge < -0.3 is 26.2 Å². The molecule has 0 aromatic carbocycles. The third-order valence-electron chi connectivity index (χ3n) is 8.49. The van der Waals surface area contributed by atoms with Crippen LogP contribution in [0.3, 0.4) is 0 Å². The molecule has 0 aromatic rings. The molecule has 11 nitrogen and oxygen atoms in total. The van der Waals surface area contributed by atoms with Gasteiger partial charge in [-0.05, 0) is 48.3 Å². The van der Waals surface area contributed by atoms with E-state index in [1.807, 2.05) is 62.3 Å². The lowest BCUT2D eigenvalue weighted by molar-refractivity contribution is -0.144. The van der Waals surface area contributed by atoms with Crippen LogP contribution in [0.5, 0.6) is 0 Å². The summed E-state index contributed by atoms with van der Waals surface area (Å²) in [5.41, 5.74) is -1.25. The third kappa shape index (κ3) is 9.63. The molecule has 2 rings (SSSR count). The zero-order valence-corrected chi connectivity index (χ0v) is 28.2. The zero-order valence-electron chi connectivity index (χ0n) is 28.2. The van der Waals surface area contributed by atoms with Crippen LogP contribution in [0.4, 0.5) is 4.79 Å². The Hall–Kier alpha value is -3.24. The summed E-state index contributed by atoms with van der Waals surface area (Å²) in [5.74, 6) is -2.67. The smallest absolute Gasteiger partial charge is 0.316 e. The lowest BCUT2D eigenvalue weighted by atomic mass is 9.82. The van der Waals surface area contributed by atoms with Gasteiger partial charge in [0.05, 0.1) is 12.1 Å². The van der Waals surface area contributed by atoms with Crippen LogP contribution in [0.1, 0.15) is 94.4 Å². The fourth-order valence-corrected chi connectivity index (χ4v) is 5.76. The van der Waals surface area contributed by atoms with E-state index in [-0.39, 0.29) is 36.5 Å². The molecule has 2 aliphatic rings.